The predicted molar refractivity (Wildman–Crippen MR) is 76.7 cm³/mol. The van der Waals surface area contributed by atoms with Crippen LogP contribution in [0.5, 0.6) is 0 Å². The molecule has 0 bridgehead atoms. The number of rotatable bonds is 8. The molecule has 0 amide bonds. The Morgan fingerprint density at radius 2 is 2.27 bits per heavy atom. The van der Waals surface area contributed by atoms with Crippen LogP contribution in [-0.4, -0.2) is 42.6 Å². The van der Waals surface area contributed by atoms with Gasteiger partial charge in [0.1, 0.15) is 6.61 Å². The number of nitrogens with one attached hydrogen (secondary N) is 1. The van der Waals surface area contributed by atoms with Gasteiger partial charge in [-0.15, -0.1) is 0 Å². The summed E-state index contributed by atoms with van der Waals surface area (Å²) in [4.78, 5) is 31.8. The number of ether oxygens (including phenoxy) is 2. The zero-order chi connectivity index (χ0) is 15.8. The number of hydrogen-bond donors (Lipinski definition) is 1. The number of pyridine rings is 1. The molecule has 1 saturated heterocycles. The van der Waals surface area contributed by atoms with E-state index in [-0.39, 0.29) is 24.6 Å². The Kier molecular flexibility index (Phi) is 6.60. The van der Waals surface area contributed by atoms with Gasteiger partial charge < -0.3 is 9.47 Å². The van der Waals surface area contributed by atoms with Crippen molar-refractivity contribution in [1.29, 1.82) is 0 Å². The number of nitrogens with zero attached hydrogens (tertiary/aromatic N) is 1. The van der Waals surface area contributed by atoms with Gasteiger partial charge >= 0.3 is 0 Å². The summed E-state index contributed by atoms with van der Waals surface area (Å²) >= 11 is 0. The fraction of sp³-hybridized carbons (Fsp3) is 0.533. The lowest BCUT2D eigenvalue weighted by atomic mass is 10.1. The van der Waals surface area contributed by atoms with Crippen LogP contribution in [0.15, 0.2) is 18.5 Å². The molecule has 1 aliphatic rings. The molecule has 1 aromatic rings. The van der Waals surface area contributed by atoms with Gasteiger partial charge in [0.15, 0.2) is 11.6 Å². The molecule has 1 fully saturated rings. The Hall–Kier alpha value is -1.67. The molecule has 120 valence electrons. The summed E-state index contributed by atoms with van der Waals surface area (Å²) in [7, 11) is 0. The normalized spacial score (nSPS) is 18.7. The molecule has 0 saturated carbocycles. The molecule has 7 heteroatoms. The van der Waals surface area contributed by atoms with E-state index >= 15 is 0 Å². The number of Topliss-reactive ketones (excluding diaryl/α,β-unsaturated/α-hetero) is 2. The number of aryl methyl sites for hydroxylation is 1. The van der Waals surface area contributed by atoms with Gasteiger partial charge in [-0.3, -0.25) is 19.4 Å². The third kappa shape index (κ3) is 5.61. The summed E-state index contributed by atoms with van der Waals surface area (Å²) in [6.45, 7) is 3.29. The Labute approximate surface area is 128 Å². The topological polar surface area (TPSA) is 86.8 Å². The van der Waals surface area contributed by atoms with Crippen LogP contribution in [-0.2, 0) is 30.5 Å². The summed E-state index contributed by atoms with van der Waals surface area (Å²) in [6, 6.07) is 2.01. The minimum Gasteiger partial charge on any atom is -0.346 e. The number of hydrogen-bond acceptors (Lipinski definition) is 7. The molecule has 0 radical (unpaired) electrons. The molecule has 0 aromatic carbocycles. The molecule has 1 atom stereocenters. The smallest absolute Gasteiger partial charge is 0.218 e. The van der Waals surface area contributed by atoms with Gasteiger partial charge in [-0.2, -0.15) is 0 Å². The number of carbonyl (C=O) groups excluding carboxylic acids is 2. The molecule has 0 unspecified atom stereocenters. The van der Waals surface area contributed by atoms with Crippen molar-refractivity contribution in [3.8, 4) is 0 Å². The molecule has 0 aliphatic carbocycles. The van der Waals surface area contributed by atoms with Crippen molar-refractivity contribution < 1.29 is 23.9 Å². The highest BCUT2D eigenvalue weighted by molar-refractivity contribution is 6.02. The summed E-state index contributed by atoms with van der Waals surface area (Å²) < 4.78 is 10.3. The first-order chi connectivity index (χ1) is 10.6. The number of carbonyl (C=O) groups is 2. The van der Waals surface area contributed by atoms with Gasteiger partial charge in [-0.25, -0.2) is 5.48 Å². The lowest BCUT2D eigenvalue weighted by molar-refractivity contribution is -0.182. The summed E-state index contributed by atoms with van der Waals surface area (Å²) in [6.07, 6.45) is 3.20. The lowest BCUT2D eigenvalue weighted by Gasteiger charge is -2.20. The number of hydroxylamine groups is 1. The average Bonchev–Trinajstić information content (AvgIpc) is 2.48. The molecular formula is C15H20N2O5. The molecule has 2 rings (SSSR count). The van der Waals surface area contributed by atoms with Crippen LogP contribution < -0.4 is 5.48 Å². The van der Waals surface area contributed by atoms with Crippen LogP contribution in [0.3, 0.4) is 0 Å². The van der Waals surface area contributed by atoms with Gasteiger partial charge in [-0.05, 0) is 24.5 Å². The molecule has 1 aromatic heterocycles. The Morgan fingerprint density at radius 3 is 3.05 bits per heavy atom. The second-order valence-electron chi connectivity index (χ2n) is 5.10. The molecule has 1 aliphatic heterocycles. The van der Waals surface area contributed by atoms with Crippen LogP contribution in [0.1, 0.15) is 24.0 Å². The Morgan fingerprint density at radius 1 is 1.41 bits per heavy atom. The van der Waals surface area contributed by atoms with Crippen molar-refractivity contribution in [3.05, 3.63) is 29.6 Å². The second kappa shape index (κ2) is 8.70. The molecular weight excluding hydrogens is 288 g/mol. The van der Waals surface area contributed by atoms with Gasteiger partial charge in [0, 0.05) is 18.9 Å². The summed E-state index contributed by atoms with van der Waals surface area (Å²) in [5.74, 6) is -0.516. The number of aromatic nitrogens is 1. The van der Waals surface area contributed by atoms with Gasteiger partial charge in [0.2, 0.25) is 6.29 Å². The highest BCUT2D eigenvalue weighted by Gasteiger charge is 2.28. The Bertz CT molecular complexity index is 520. The molecule has 1 N–H and O–H groups in total. The maximum absolute atomic E-state index is 11.4. The minimum atomic E-state index is -0.906. The zero-order valence-corrected chi connectivity index (χ0v) is 12.5. The van der Waals surface area contributed by atoms with E-state index in [1.54, 1.807) is 12.4 Å². The van der Waals surface area contributed by atoms with Crippen LogP contribution in [0, 0.1) is 6.92 Å². The Balaban J connectivity index is 1.51. The van der Waals surface area contributed by atoms with Crippen LogP contribution >= 0.6 is 0 Å². The molecule has 2 heterocycles. The van der Waals surface area contributed by atoms with Crippen molar-refractivity contribution in [3.63, 3.8) is 0 Å². The molecule has 7 nitrogen and oxygen atoms in total. The van der Waals surface area contributed by atoms with Crippen molar-refractivity contribution in [1.82, 2.24) is 10.5 Å². The highest BCUT2D eigenvalue weighted by atomic mass is 16.7. The standard InChI is InChI=1S/C15H20N2O5/c1-11-5-12(8-16-7-11)9-22-17-3-2-4-20-15-14(19)6-13(18)10-21-15/h5,7-8,15,17H,2-4,6,9-10H2,1H3/t15-/m0/s1. The monoisotopic (exact) mass is 308 g/mol. The van der Waals surface area contributed by atoms with E-state index in [0.29, 0.717) is 26.2 Å². The first kappa shape index (κ1) is 16.7. The predicted octanol–water partition coefficient (Wildman–Crippen LogP) is 0.703. The van der Waals surface area contributed by atoms with Crippen LogP contribution in [0.2, 0.25) is 0 Å². The van der Waals surface area contributed by atoms with Crippen molar-refractivity contribution in [2.24, 2.45) is 0 Å². The maximum atomic E-state index is 11.4. The van der Waals surface area contributed by atoms with E-state index in [9.17, 15) is 9.59 Å². The van der Waals surface area contributed by atoms with Gasteiger partial charge in [-0.1, -0.05) is 6.07 Å². The van der Waals surface area contributed by atoms with E-state index < -0.39 is 6.29 Å². The van der Waals surface area contributed by atoms with E-state index in [0.717, 1.165) is 11.1 Å². The number of ketones is 2. The van der Waals surface area contributed by atoms with Crippen molar-refractivity contribution in [2.45, 2.75) is 32.7 Å². The van der Waals surface area contributed by atoms with Crippen molar-refractivity contribution >= 4 is 11.6 Å². The highest BCUT2D eigenvalue weighted by Crippen LogP contribution is 2.08. The van der Waals surface area contributed by atoms with E-state index in [1.165, 1.54) is 0 Å². The fourth-order valence-corrected chi connectivity index (χ4v) is 1.97. The lowest BCUT2D eigenvalue weighted by Crippen LogP contribution is -2.37. The quantitative estimate of drug-likeness (QED) is 0.430. The minimum absolute atomic E-state index is 0.0533. The van der Waals surface area contributed by atoms with E-state index in [1.807, 2.05) is 13.0 Å². The van der Waals surface area contributed by atoms with Crippen LogP contribution in [0.25, 0.3) is 0 Å². The first-order valence-electron chi connectivity index (χ1n) is 7.18. The second-order valence-corrected chi connectivity index (χ2v) is 5.10. The van der Waals surface area contributed by atoms with E-state index in [4.69, 9.17) is 14.3 Å². The van der Waals surface area contributed by atoms with Crippen LogP contribution in [0.4, 0.5) is 0 Å². The van der Waals surface area contributed by atoms with Crippen molar-refractivity contribution in [2.75, 3.05) is 19.8 Å². The SMILES string of the molecule is Cc1cncc(CONCCCO[C@H]2OCC(=O)CC2=O)c1. The third-order valence-electron chi connectivity index (χ3n) is 2.99. The summed E-state index contributed by atoms with van der Waals surface area (Å²) in [5, 5.41) is 0. The first-order valence-corrected chi connectivity index (χ1v) is 7.18. The molecule has 0 spiro atoms. The van der Waals surface area contributed by atoms with Gasteiger partial charge in [0.25, 0.3) is 0 Å². The molecule has 22 heavy (non-hydrogen) atoms. The third-order valence-corrected chi connectivity index (χ3v) is 2.99. The largest absolute Gasteiger partial charge is 0.346 e. The summed E-state index contributed by atoms with van der Waals surface area (Å²) in [5.41, 5.74) is 4.90. The fourth-order valence-electron chi connectivity index (χ4n) is 1.97. The zero-order valence-electron chi connectivity index (χ0n) is 12.5. The van der Waals surface area contributed by atoms with Gasteiger partial charge in [0.05, 0.1) is 19.6 Å². The maximum Gasteiger partial charge on any atom is 0.218 e. The average molecular weight is 308 g/mol. The van der Waals surface area contributed by atoms with E-state index in [2.05, 4.69) is 10.5 Å².